The molecule has 1 aromatic carbocycles. The van der Waals surface area contributed by atoms with E-state index in [0.717, 1.165) is 22.2 Å². The molecule has 0 N–H and O–H groups in total. The lowest BCUT2D eigenvalue weighted by Gasteiger charge is -2.19. The lowest BCUT2D eigenvalue weighted by molar-refractivity contribution is 0.0544. The van der Waals surface area contributed by atoms with Crippen LogP contribution in [0.5, 0.6) is 0 Å². The van der Waals surface area contributed by atoms with Gasteiger partial charge in [-0.2, -0.15) is 0 Å². The van der Waals surface area contributed by atoms with Crippen molar-refractivity contribution in [3.05, 3.63) is 42.4 Å². The third kappa shape index (κ3) is 3.24. The second-order valence-electron chi connectivity index (χ2n) is 6.60. The number of carbonyl (C=O) groups is 1. The Bertz CT molecular complexity index is 887. The number of nitrogens with zero attached hydrogens (tertiary/aromatic N) is 2. The molecule has 3 rings (SSSR count). The first-order valence-electron chi connectivity index (χ1n) is 7.69. The van der Waals surface area contributed by atoms with E-state index in [1.165, 1.54) is 4.57 Å². The smallest absolute Gasteiger partial charge is 0.418 e. The molecule has 0 saturated carbocycles. The number of alkyl halides is 1. The van der Waals surface area contributed by atoms with Crippen molar-refractivity contribution in [1.82, 2.24) is 9.55 Å². The number of aromatic nitrogens is 2. The minimum atomic E-state index is -0.547. The van der Waals surface area contributed by atoms with Crippen LogP contribution in [0.2, 0.25) is 0 Å². The fraction of sp³-hybridized carbons (Fsp3) is 0.333. The number of oxazole rings is 1. The molecule has 6 heteroatoms. The van der Waals surface area contributed by atoms with Gasteiger partial charge in [0.1, 0.15) is 11.9 Å². The molecule has 0 aliphatic rings. The van der Waals surface area contributed by atoms with E-state index in [4.69, 9.17) is 9.15 Å². The van der Waals surface area contributed by atoms with E-state index in [-0.39, 0.29) is 4.83 Å². The molecule has 2 heterocycles. The first-order chi connectivity index (χ1) is 11.3. The van der Waals surface area contributed by atoms with Gasteiger partial charge in [0.05, 0.1) is 16.0 Å². The average Bonchev–Trinajstić information content (AvgIpc) is 3.12. The van der Waals surface area contributed by atoms with Gasteiger partial charge < -0.3 is 9.15 Å². The number of carbonyl (C=O) groups excluding carboxylic acids is 1. The third-order valence-electron chi connectivity index (χ3n) is 3.48. The number of hydrogen-bond acceptors (Lipinski definition) is 4. The van der Waals surface area contributed by atoms with Gasteiger partial charge in [0.2, 0.25) is 5.89 Å². The van der Waals surface area contributed by atoms with Gasteiger partial charge in [-0.25, -0.2) is 9.78 Å². The van der Waals surface area contributed by atoms with Gasteiger partial charge in [0.25, 0.3) is 0 Å². The van der Waals surface area contributed by atoms with Gasteiger partial charge in [-0.1, -0.05) is 22.0 Å². The maximum absolute atomic E-state index is 12.4. The van der Waals surface area contributed by atoms with E-state index in [9.17, 15) is 4.79 Å². The lowest BCUT2D eigenvalue weighted by atomic mass is 10.1. The molecule has 0 saturated heterocycles. The highest BCUT2D eigenvalue weighted by Gasteiger charge is 2.20. The van der Waals surface area contributed by atoms with Crippen LogP contribution in [-0.4, -0.2) is 21.2 Å². The Hall–Kier alpha value is -2.08. The van der Waals surface area contributed by atoms with Crippen LogP contribution in [0.3, 0.4) is 0 Å². The van der Waals surface area contributed by atoms with Crippen LogP contribution >= 0.6 is 15.9 Å². The summed E-state index contributed by atoms with van der Waals surface area (Å²) in [5, 5.41) is 0.888. The quantitative estimate of drug-likeness (QED) is 0.539. The largest absolute Gasteiger partial charge is 0.444 e. The van der Waals surface area contributed by atoms with E-state index < -0.39 is 11.7 Å². The molecule has 0 amide bonds. The van der Waals surface area contributed by atoms with Crippen LogP contribution in [0, 0.1) is 0 Å². The van der Waals surface area contributed by atoms with Crippen LogP contribution in [0.4, 0.5) is 4.79 Å². The van der Waals surface area contributed by atoms with E-state index >= 15 is 0 Å². The number of ether oxygens (including phenoxy) is 1. The zero-order chi connectivity index (χ0) is 17.5. The Morgan fingerprint density at radius 1 is 1.33 bits per heavy atom. The van der Waals surface area contributed by atoms with Crippen LogP contribution < -0.4 is 0 Å². The average molecular weight is 391 g/mol. The second kappa shape index (κ2) is 6.09. The molecule has 1 atom stereocenters. The van der Waals surface area contributed by atoms with E-state index in [1.54, 1.807) is 12.5 Å². The fourth-order valence-electron chi connectivity index (χ4n) is 2.42. The van der Waals surface area contributed by atoms with Crippen molar-refractivity contribution in [2.75, 3.05) is 0 Å². The maximum atomic E-state index is 12.4. The summed E-state index contributed by atoms with van der Waals surface area (Å²) in [7, 11) is 0. The molecule has 1 unspecified atom stereocenters. The highest BCUT2D eigenvalue weighted by Crippen LogP contribution is 2.31. The minimum Gasteiger partial charge on any atom is -0.444 e. The van der Waals surface area contributed by atoms with Crippen molar-refractivity contribution in [1.29, 1.82) is 0 Å². The Morgan fingerprint density at radius 3 is 2.71 bits per heavy atom. The Morgan fingerprint density at radius 2 is 2.08 bits per heavy atom. The summed E-state index contributed by atoms with van der Waals surface area (Å²) in [6.45, 7) is 7.52. The SMILES string of the molecule is CC(Br)c1coc(-c2cccc3c2ccn3C(=O)OC(C)(C)C)n1. The van der Waals surface area contributed by atoms with Crippen molar-refractivity contribution in [3.63, 3.8) is 0 Å². The highest BCUT2D eigenvalue weighted by molar-refractivity contribution is 9.09. The molecule has 5 nitrogen and oxygen atoms in total. The molecule has 0 aliphatic heterocycles. The van der Waals surface area contributed by atoms with Gasteiger partial charge in [-0.05, 0) is 45.9 Å². The van der Waals surface area contributed by atoms with Crippen LogP contribution in [0.1, 0.15) is 38.2 Å². The molecule has 0 radical (unpaired) electrons. The number of rotatable bonds is 2. The maximum Gasteiger partial charge on any atom is 0.418 e. The molecule has 3 aromatic rings. The van der Waals surface area contributed by atoms with Gasteiger partial charge in [-0.15, -0.1) is 0 Å². The zero-order valence-electron chi connectivity index (χ0n) is 14.0. The zero-order valence-corrected chi connectivity index (χ0v) is 15.6. The van der Waals surface area contributed by atoms with Gasteiger partial charge in [0, 0.05) is 17.1 Å². The van der Waals surface area contributed by atoms with Gasteiger partial charge >= 0.3 is 6.09 Å². The van der Waals surface area contributed by atoms with Gasteiger partial charge in [0.15, 0.2) is 0 Å². The van der Waals surface area contributed by atoms with Crippen molar-refractivity contribution >= 4 is 32.9 Å². The number of halogens is 1. The summed E-state index contributed by atoms with van der Waals surface area (Å²) in [5.41, 5.74) is 1.88. The van der Waals surface area contributed by atoms with Gasteiger partial charge in [-0.3, -0.25) is 4.57 Å². The Kier molecular flexibility index (Phi) is 4.25. The minimum absolute atomic E-state index is 0.112. The third-order valence-corrected chi connectivity index (χ3v) is 3.95. The number of hydrogen-bond donors (Lipinski definition) is 0. The first kappa shape index (κ1) is 16.8. The molecular weight excluding hydrogens is 372 g/mol. The van der Waals surface area contributed by atoms with Crippen LogP contribution in [0.15, 0.2) is 41.1 Å². The summed E-state index contributed by atoms with van der Waals surface area (Å²) in [4.78, 5) is 17.0. The molecule has 0 spiro atoms. The summed E-state index contributed by atoms with van der Waals surface area (Å²) in [6.07, 6.45) is 2.94. The number of fused-ring (bicyclic) bond motifs is 1. The van der Waals surface area contributed by atoms with Crippen molar-refractivity contribution < 1.29 is 13.9 Å². The summed E-state index contributed by atoms with van der Waals surface area (Å²) in [6, 6.07) is 7.55. The number of benzene rings is 1. The highest BCUT2D eigenvalue weighted by atomic mass is 79.9. The van der Waals surface area contributed by atoms with Crippen molar-refractivity contribution in [2.24, 2.45) is 0 Å². The Balaban J connectivity index is 2.04. The summed E-state index contributed by atoms with van der Waals surface area (Å²) in [5.74, 6) is 0.531. The molecule has 0 aliphatic carbocycles. The van der Waals surface area contributed by atoms with Crippen LogP contribution in [-0.2, 0) is 4.74 Å². The van der Waals surface area contributed by atoms with Crippen LogP contribution in [0.25, 0.3) is 22.4 Å². The van der Waals surface area contributed by atoms with E-state index in [1.807, 2.05) is 52.0 Å². The molecular formula is C18H19BrN2O3. The molecule has 0 bridgehead atoms. The second-order valence-corrected chi connectivity index (χ2v) is 7.97. The molecule has 24 heavy (non-hydrogen) atoms. The predicted molar refractivity (Wildman–Crippen MR) is 96.4 cm³/mol. The normalized spacial score (nSPS) is 13.2. The van der Waals surface area contributed by atoms with Crippen molar-refractivity contribution in [3.8, 4) is 11.5 Å². The fourth-order valence-corrected chi connectivity index (χ4v) is 2.63. The topological polar surface area (TPSA) is 57.3 Å². The standard InChI is InChI=1S/C18H19BrN2O3/c1-11(19)14-10-23-16(20-14)13-6-5-7-15-12(13)8-9-21(15)17(22)24-18(2,3)4/h5-11H,1-4H3. The molecule has 2 aromatic heterocycles. The van der Waals surface area contributed by atoms with Crippen molar-refractivity contribution in [2.45, 2.75) is 38.1 Å². The lowest BCUT2D eigenvalue weighted by Crippen LogP contribution is -2.26. The first-order valence-corrected chi connectivity index (χ1v) is 8.61. The van der Waals surface area contributed by atoms with E-state index in [0.29, 0.717) is 5.89 Å². The molecule has 0 fully saturated rings. The summed E-state index contributed by atoms with van der Waals surface area (Å²) >= 11 is 3.48. The van der Waals surface area contributed by atoms with E-state index in [2.05, 4.69) is 20.9 Å². The predicted octanol–water partition coefficient (Wildman–Crippen LogP) is 5.54. The summed E-state index contributed by atoms with van der Waals surface area (Å²) < 4.78 is 12.6. The molecule has 126 valence electrons. The monoisotopic (exact) mass is 390 g/mol. The Labute approximate surface area is 148 Å².